The molecule has 0 saturated carbocycles. The maximum Gasteiger partial charge on any atom is 0.335 e. The summed E-state index contributed by atoms with van der Waals surface area (Å²) in [5.74, 6) is -3.23. The number of esters is 3. The molecule has 12 nitrogen and oxygen atoms in total. The van der Waals surface area contributed by atoms with Crippen molar-refractivity contribution in [1.82, 2.24) is 0 Å². The summed E-state index contributed by atoms with van der Waals surface area (Å²) in [5, 5.41) is 31.5. The van der Waals surface area contributed by atoms with Crippen LogP contribution in [0.2, 0.25) is 0 Å². The molecule has 448 valence electrons. The molecule has 0 aromatic rings. The zero-order valence-electron chi connectivity index (χ0n) is 49.3. The van der Waals surface area contributed by atoms with E-state index in [0.29, 0.717) is 25.7 Å². The minimum atomic E-state index is -1.92. The third-order valence-corrected chi connectivity index (χ3v) is 13.3. The zero-order valence-corrected chi connectivity index (χ0v) is 49.3. The van der Waals surface area contributed by atoms with E-state index in [-0.39, 0.29) is 25.9 Å². The fraction of sp³-hybridized carbons (Fsp3) is 0.672. The Kier molecular flexibility index (Phi) is 49.5. The molecule has 1 aliphatic rings. The van der Waals surface area contributed by atoms with Crippen molar-refractivity contribution in [2.75, 3.05) is 13.2 Å². The van der Waals surface area contributed by atoms with Gasteiger partial charge in [-0.2, -0.15) is 0 Å². The number of carbonyl (C=O) groups is 4. The van der Waals surface area contributed by atoms with Crippen LogP contribution in [0.15, 0.2) is 109 Å². The molecule has 0 bridgehead atoms. The standard InChI is InChI=1S/C67H108O12/c1-4-7-10-13-16-19-22-25-28-30-33-35-38-41-44-47-50-53-59(68)75-56-58(77-60(69)54-51-48-45-42-39-36-32-27-24-21-18-15-12-9-6-3)57-76-67-65(63(72)62(71)64(79-67)66(73)74)78-61(70)55-52-49-46-43-40-37-34-31-29-26-23-20-17-14-11-8-5-2/h7-8,10-11,16-17,19-20,25-26,28-29,33-35,37,41,44,58,62-65,67,71-72H,4-6,9,12-15,18,21-24,27,30-32,36,38-40,42-43,45-57H2,1-3H3,(H,73,74)/b10-7-,11-8-,19-16-,20-17-,28-25-,29-26-,35-33-,37-34-,44-41-. The minimum Gasteiger partial charge on any atom is -0.479 e. The Balaban J connectivity index is 2.73. The van der Waals surface area contributed by atoms with Gasteiger partial charge in [-0.05, 0) is 96.3 Å². The van der Waals surface area contributed by atoms with Gasteiger partial charge in [0, 0.05) is 19.3 Å². The molecule has 0 radical (unpaired) electrons. The highest BCUT2D eigenvalue weighted by atomic mass is 16.7. The molecular weight excluding hydrogens is 997 g/mol. The van der Waals surface area contributed by atoms with Gasteiger partial charge in [-0.1, -0.05) is 233 Å². The van der Waals surface area contributed by atoms with Gasteiger partial charge in [0.15, 0.2) is 24.6 Å². The maximum absolute atomic E-state index is 13.2. The summed E-state index contributed by atoms with van der Waals surface area (Å²) in [6, 6.07) is 0. The summed E-state index contributed by atoms with van der Waals surface area (Å²) in [7, 11) is 0. The molecule has 0 spiro atoms. The Hall–Kier alpha value is -4.62. The molecule has 79 heavy (non-hydrogen) atoms. The van der Waals surface area contributed by atoms with Crippen LogP contribution in [0.1, 0.15) is 239 Å². The first kappa shape index (κ1) is 72.4. The lowest BCUT2D eigenvalue weighted by atomic mass is 9.98. The summed E-state index contributed by atoms with van der Waals surface area (Å²) in [5.41, 5.74) is 0. The molecule has 6 atom stereocenters. The van der Waals surface area contributed by atoms with Gasteiger partial charge in [-0.25, -0.2) is 4.79 Å². The van der Waals surface area contributed by atoms with Crippen molar-refractivity contribution in [1.29, 1.82) is 0 Å². The number of hydrogen-bond donors (Lipinski definition) is 3. The molecule has 1 aliphatic heterocycles. The van der Waals surface area contributed by atoms with Gasteiger partial charge in [-0.3, -0.25) is 14.4 Å². The molecule has 0 aromatic heterocycles. The van der Waals surface area contributed by atoms with Crippen molar-refractivity contribution >= 4 is 23.9 Å². The fourth-order valence-corrected chi connectivity index (χ4v) is 8.69. The topological polar surface area (TPSA) is 175 Å². The molecule has 1 saturated heterocycles. The smallest absolute Gasteiger partial charge is 0.335 e. The van der Waals surface area contributed by atoms with Gasteiger partial charge in [0.05, 0.1) is 6.61 Å². The monoisotopic (exact) mass is 1100 g/mol. The van der Waals surface area contributed by atoms with Crippen LogP contribution in [0.5, 0.6) is 0 Å². The first-order valence-corrected chi connectivity index (χ1v) is 30.9. The molecule has 6 unspecified atom stereocenters. The third-order valence-electron chi connectivity index (χ3n) is 13.3. The normalized spacial score (nSPS) is 18.6. The Morgan fingerprint density at radius 1 is 0.430 bits per heavy atom. The number of carbonyl (C=O) groups excluding carboxylic acids is 3. The van der Waals surface area contributed by atoms with Crippen LogP contribution >= 0.6 is 0 Å². The number of allylic oxidation sites excluding steroid dienone is 18. The van der Waals surface area contributed by atoms with Crippen LogP contribution in [0, 0.1) is 0 Å². The fourth-order valence-electron chi connectivity index (χ4n) is 8.69. The number of carboxylic acids is 1. The van der Waals surface area contributed by atoms with Crippen LogP contribution in [0.25, 0.3) is 0 Å². The van der Waals surface area contributed by atoms with E-state index in [0.717, 1.165) is 103 Å². The SMILES string of the molecule is CC/C=C\C/C=C\C/C=C\C/C=C\C/C=C\CCCC(=O)OCC(COC1OC(C(=O)O)C(O)C(O)C1OC(=O)CCCCCC/C=C\C/C=C\C/C=C\C/C=C\CC)OC(=O)CCCCCCCCCCCCCCCCC. The second-order valence-electron chi connectivity index (χ2n) is 20.6. The van der Waals surface area contributed by atoms with E-state index in [9.17, 15) is 34.5 Å². The molecule has 0 aromatic carbocycles. The average Bonchev–Trinajstić information content (AvgIpc) is 3.47. The number of aliphatic hydroxyl groups excluding tert-OH is 2. The Morgan fingerprint density at radius 2 is 0.810 bits per heavy atom. The predicted molar refractivity (Wildman–Crippen MR) is 321 cm³/mol. The summed E-state index contributed by atoms with van der Waals surface area (Å²) < 4.78 is 28.4. The zero-order chi connectivity index (χ0) is 57.5. The number of ether oxygens (including phenoxy) is 5. The molecule has 1 heterocycles. The molecule has 3 N–H and O–H groups in total. The van der Waals surface area contributed by atoms with Gasteiger partial charge in [0.25, 0.3) is 0 Å². The van der Waals surface area contributed by atoms with Gasteiger partial charge >= 0.3 is 23.9 Å². The van der Waals surface area contributed by atoms with Gasteiger partial charge in [0.1, 0.15) is 18.8 Å². The Morgan fingerprint density at radius 3 is 1.25 bits per heavy atom. The van der Waals surface area contributed by atoms with Gasteiger partial charge < -0.3 is 39.0 Å². The van der Waals surface area contributed by atoms with Crippen molar-refractivity contribution in [2.45, 2.75) is 276 Å². The van der Waals surface area contributed by atoms with E-state index >= 15 is 0 Å². The first-order chi connectivity index (χ1) is 38.6. The predicted octanol–water partition coefficient (Wildman–Crippen LogP) is 16.2. The van der Waals surface area contributed by atoms with Crippen molar-refractivity contribution in [3.63, 3.8) is 0 Å². The van der Waals surface area contributed by atoms with Crippen molar-refractivity contribution in [3.8, 4) is 0 Å². The second-order valence-corrected chi connectivity index (χ2v) is 20.6. The van der Waals surface area contributed by atoms with Gasteiger partial charge in [0.2, 0.25) is 0 Å². The van der Waals surface area contributed by atoms with Crippen LogP contribution in [0.3, 0.4) is 0 Å². The third kappa shape index (κ3) is 43.8. The van der Waals surface area contributed by atoms with Crippen LogP contribution < -0.4 is 0 Å². The highest BCUT2D eigenvalue weighted by Gasteiger charge is 2.50. The van der Waals surface area contributed by atoms with E-state index in [2.05, 4.69) is 124 Å². The van der Waals surface area contributed by atoms with Crippen molar-refractivity contribution in [2.24, 2.45) is 0 Å². The summed E-state index contributed by atoms with van der Waals surface area (Å²) >= 11 is 0. The van der Waals surface area contributed by atoms with Crippen molar-refractivity contribution in [3.05, 3.63) is 109 Å². The number of hydrogen-bond acceptors (Lipinski definition) is 11. The van der Waals surface area contributed by atoms with E-state index in [1.165, 1.54) is 70.6 Å². The lowest BCUT2D eigenvalue weighted by molar-refractivity contribution is -0.301. The molecule has 1 fully saturated rings. The molecule has 12 heteroatoms. The lowest BCUT2D eigenvalue weighted by Crippen LogP contribution is -2.61. The summed E-state index contributed by atoms with van der Waals surface area (Å²) in [6.07, 6.45) is 60.5. The van der Waals surface area contributed by atoms with Crippen LogP contribution in [0.4, 0.5) is 0 Å². The Bertz CT molecular complexity index is 1790. The summed E-state index contributed by atoms with van der Waals surface area (Å²) in [6.45, 7) is 5.72. The van der Waals surface area contributed by atoms with Crippen molar-refractivity contribution < 1.29 is 58.2 Å². The number of rotatable bonds is 51. The van der Waals surface area contributed by atoms with E-state index in [1.807, 2.05) is 6.08 Å². The van der Waals surface area contributed by atoms with E-state index < -0.39 is 67.3 Å². The van der Waals surface area contributed by atoms with Gasteiger partial charge in [-0.15, -0.1) is 0 Å². The summed E-state index contributed by atoms with van der Waals surface area (Å²) in [4.78, 5) is 51.2. The highest BCUT2D eigenvalue weighted by Crippen LogP contribution is 2.26. The average molecular weight is 1110 g/mol. The van der Waals surface area contributed by atoms with Crippen LogP contribution in [-0.4, -0.2) is 89.2 Å². The molecule has 0 aliphatic carbocycles. The largest absolute Gasteiger partial charge is 0.479 e. The minimum absolute atomic E-state index is 0.0228. The number of unbranched alkanes of at least 4 members (excludes halogenated alkanes) is 19. The second kappa shape index (κ2) is 54.0. The number of carboxylic acid groups (broad SMARTS) is 1. The molecule has 1 rings (SSSR count). The van der Waals surface area contributed by atoms with E-state index in [4.69, 9.17) is 23.7 Å². The van der Waals surface area contributed by atoms with E-state index in [1.54, 1.807) is 0 Å². The molecular formula is C67H108O12. The maximum atomic E-state index is 13.2. The number of aliphatic hydroxyl groups is 2. The highest BCUT2D eigenvalue weighted by molar-refractivity contribution is 5.74. The molecule has 0 amide bonds. The first-order valence-electron chi connectivity index (χ1n) is 30.9. The quantitative estimate of drug-likeness (QED) is 0.0228. The Labute approximate surface area is 478 Å². The lowest BCUT2D eigenvalue weighted by Gasteiger charge is -2.40. The van der Waals surface area contributed by atoms with Crippen LogP contribution in [-0.2, 0) is 42.9 Å². The number of aliphatic carboxylic acids is 1.